The van der Waals surface area contributed by atoms with E-state index in [0.717, 1.165) is 21.3 Å². The fourth-order valence-corrected chi connectivity index (χ4v) is 3.06. The predicted molar refractivity (Wildman–Crippen MR) is 76.6 cm³/mol. The number of rotatable bonds is 2. The zero-order chi connectivity index (χ0) is 12.7. The lowest BCUT2D eigenvalue weighted by Gasteiger charge is -1.93. The molecule has 0 aliphatic heterocycles. The third kappa shape index (κ3) is 1.60. The molecule has 0 fully saturated rings. The summed E-state index contributed by atoms with van der Waals surface area (Å²) >= 11 is 1.58. The second-order valence-electron chi connectivity index (χ2n) is 4.25. The molecular weight excluding hydrogens is 244 g/mol. The summed E-state index contributed by atoms with van der Waals surface area (Å²) in [4.78, 5) is 4.58. The van der Waals surface area contributed by atoms with Crippen LogP contribution in [-0.4, -0.2) is 9.55 Å². The van der Waals surface area contributed by atoms with E-state index in [9.17, 15) is 0 Å². The van der Waals surface area contributed by atoms with E-state index >= 15 is 0 Å². The van der Waals surface area contributed by atoms with Gasteiger partial charge in [-0.1, -0.05) is 29.5 Å². The summed E-state index contributed by atoms with van der Waals surface area (Å²) in [6.07, 6.45) is 2.11. The van der Waals surface area contributed by atoms with Gasteiger partial charge in [-0.05, 0) is 13.0 Å². The fraction of sp³-hybridized carbons (Fsp3) is 0.154. The Kier molecular flexibility index (Phi) is 2.57. The van der Waals surface area contributed by atoms with Gasteiger partial charge >= 0.3 is 0 Å². The average Bonchev–Trinajstić information content (AvgIpc) is 2.91. The fourth-order valence-electron chi connectivity index (χ4n) is 2.16. The molecule has 2 aromatic heterocycles. The molecule has 0 unspecified atom stereocenters. The molecule has 2 heterocycles. The molecule has 0 amide bonds. The molecule has 1 aromatic carbocycles. The maximum absolute atomic E-state index is 5.48. The Morgan fingerprint density at radius 1 is 1.33 bits per heavy atom. The van der Waals surface area contributed by atoms with Crippen LogP contribution >= 0.6 is 11.3 Å². The Hall–Kier alpha value is -1.85. The van der Waals surface area contributed by atoms with Crippen molar-refractivity contribution >= 4 is 27.2 Å². The summed E-state index contributed by atoms with van der Waals surface area (Å²) in [7, 11) is 2.05. The minimum absolute atomic E-state index is 0.915. The molecule has 0 saturated heterocycles. The first-order valence-electron chi connectivity index (χ1n) is 5.69. The number of aromatic nitrogens is 2. The number of aryl methyl sites for hydroxylation is 2. The average molecular weight is 258 g/mol. The van der Waals surface area contributed by atoms with E-state index in [1.165, 1.54) is 10.9 Å². The van der Waals surface area contributed by atoms with Crippen LogP contribution in [0.3, 0.4) is 0 Å². The highest BCUT2D eigenvalue weighted by atomic mass is 32.1. The SMILES string of the molecule is Cc1nc(-c2cn(C)c3ccccc23)sc1NN. The lowest BCUT2D eigenvalue weighted by atomic mass is 10.2. The number of benzene rings is 1. The monoisotopic (exact) mass is 258 g/mol. The number of para-hydroxylation sites is 1. The molecule has 4 nitrogen and oxygen atoms in total. The Morgan fingerprint density at radius 3 is 2.83 bits per heavy atom. The molecule has 3 rings (SSSR count). The Morgan fingerprint density at radius 2 is 2.11 bits per heavy atom. The normalized spacial score (nSPS) is 11.1. The molecule has 5 heteroatoms. The Balaban J connectivity index is 2.25. The third-order valence-corrected chi connectivity index (χ3v) is 4.18. The lowest BCUT2D eigenvalue weighted by Crippen LogP contribution is -2.05. The minimum atomic E-state index is 0.915. The van der Waals surface area contributed by atoms with Crippen molar-refractivity contribution in [2.24, 2.45) is 12.9 Å². The summed E-state index contributed by atoms with van der Waals surface area (Å²) in [6.45, 7) is 1.96. The Labute approximate surface area is 109 Å². The zero-order valence-electron chi connectivity index (χ0n) is 10.3. The number of hydrazine groups is 1. The third-order valence-electron chi connectivity index (χ3n) is 3.06. The number of thiazole rings is 1. The molecule has 18 heavy (non-hydrogen) atoms. The van der Waals surface area contributed by atoms with Crippen molar-refractivity contribution in [1.29, 1.82) is 0 Å². The van der Waals surface area contributed by atoms with Gasteiger partial charge in [0, 0.05) is 29.7 Å². The van der Waals surface area contributed by atoms with Crippen LogP contribution in [0.2, 0.25) is 0 Å². The summed E-state index contributed by atoms with van der Waals surface area (Å²) in [6, 6.07) is 8.33. The van der Waals surface area contributed by atoms with Crippen LogP contribution in [0, 0.1) is 6.92 Å². The van der Waals surface area contributed by atoms with Crippen LogP contribution in [0.4, 0.5) is 5.00 Å². The van der Waals surface area contributed by atoms with Crippen LogP contribution in [-0.2, 0) is 7.05 Å². The predicted octanol–water partition coefficient (Wildman–Crippen LogP) is 2.90. The number of nitrogens with zero attached hydrogens (tertiary/aromatic N) is 2. The highest BCUT2D eigenvalue weighted by Crippen LogP contribution is 2.35. The second kappa shape index (κ2) is 4.12. The van der Waals surface area contributed by atoms with Crippen LogP contribution in [0.5, 0.6) is 0 Å². The molecule has 3 aromatic rings. The number of nitrogens with one attached hydrogen (secondary N) is 1. The van der Waals surface area contributed by atoms with Crippen LogP contribution in [0.1, 0.15) is 5.69 Å². The van der Waals surface area contributed by atoms with Gasteiger partial charge < -0.3 is 9.99 Å². The van der Waals surface area contributed by atoms with Gasteiger partial charge in [-0.3, -0.25) is 0 Å². The molecule has 0 aliphatic carbocycles. The van der Waals surface area contributed by atoms with Gasteiger partial charge in [0.05, 0.1) is 5.69 Å². The van der Waals surface area contributed by atoms with Gasteiger partial charge in [0.15, 0.2) is 0 Å². The molecule has 3 N–H and O–H groups in total. The van der Waals surface area contributed by atoms with E-state index in [-0.39, 0.29) is 0 Å². The van der Waals surface area contributed by atoms with E-state index in [1.807, 2.05) is 26.1 Å². The highest BCUT2D eigenvalue weighted by Gasteiger charge is 2.13. The number of fused-ring (bicyclic) bond motifs is 1. The van der Waals surface area contributed by atoms with Crippen molar-refractivity contribution in [2.45, 2.75) is 6.92 Å². The van der Waals surface area contributed by atoms with E-state index < -0.39 is 0 Å². The Bertz CT molecular complexity index is 711. The molecule has 0 saturated carbocycles. The molecule has 0 bridgehead atoms. The van der Waals surface area contributed by atoms with Crippen molar-refractivity contribution < 1.29 is 0 Å². The van der Waals surface area contributed by atoms with Gasteiger partial charge in [-0.2, -0.15) is 0 Å². The maximum Gasteiger partial charge on any atom is 0.127 e. The summed E-state index contributed by atoms with van der Waals surface area (Å²) < 4.78 is 2.12. The number of nitrogen functional groups attached to an aromatic ring is 1. The number of hydrogen-bond acceptors (Lipinski definition) is 4. The lowest BCUT2D eigenvalue weighted by molar-refractivity contribution is 0.970. The highest BCUT2D eigenvalue weighted by molar-refractivity contribution is 7.19. The molecule has 0 aliphatic rings. The van der Waals surface area contributed by atoms with E-state index in [2.05, 4.69) is 33.3 Å². The van der Waals surface area contributed by atoms with Crippen molar-refractivity contribution in [1.82, 2.24) is 9.55 Å². The number of hydrogen-bond donors (Lipinski definition) is 2. The second-order valence-corrected chi connectivity index (χ2v) is 5.25. The van der Waals surface area contributed by atoms with E-state index in [0.29, 0.717) is 0 Å². The van der Waals surface area contributed by atoms with E-state index in [1.54, 1.807) is 11.3 Å². The maximum atomic E-state index is 5.48. The number of nitrogens with two attached hydrogens (primary N) is 1. The van der Waals surface area contributed by atoms with Crippen LogP contribution < -0.4 is 11.3 Å². The van der Waals surface area contributed by atoms with Gasteiger partial charge in [-0.25, -0.2) is 10.8 Å². The van der Waals surface area contributed by atoms with Crippen molar-refractivity contribution in [2.75, 3.05) is 5.43 Å². The standard InChI is InChI=1S/C13H14N4S/c1-8-12(16-14)18-13(15-8)10-7-17(2)11-6-4-3-5-9(10)11/h3-7,16H,14H2,1-2H3. The van der Waals surface area contributed by atoms with Crippen molar-refractivity contribution in [3.8, 4) is 10.6 Å². The topological polar surface area (TPSA) is 55.9 Å². The minimum Gasteiger partial charge on any atom is -0.350 e. The van der Waals surface area contributed by atoms with Gasteiger partial charge in [-0.15, -0.1) is 0 Å². The van der Waals surface area contributed by atoms with Gasteiger partial charge in [0.1, 0.15) is 10.0 Å². The molecule has 0 radical (unpaired) electrons. The van der Waals surface area contributed by atoms with Crippen molar-refractivity contribution in [3.63, 3.8) is 0 Å². The van der Waals surface area contributed by atoms with Gasteiger partial charge in [0.25, 0.3) is 0 Å². The van der Waals surface area contributed by atoms with Crippen LogP contribution in [0.15, 0.2) is 30.5 Å². The molecule has 92 valence electrons. The van der Waals surface area contributed by atoms with Crippen LogP contribution in [0.25, 0.3) is 21.5 Å². The smallest absolute Gasteiger partial charge is 0.127 e. The first kappa shape index (κ1) is 11.3. The quantitative estimate of drug-likeness (QED) is 0.549. The first-order chi connectivity index (χ1) is 8.70. The number of anilines is 1. The van der Waals surface area contributed by atoms with E-state index in [4.69, 9.17) is 5.84 Å². The molecular formula is C13H14N4S. The zero-order valence-corrected chi connectivity index (χ0v) is 11.1. The molecule has 0 atom stereocenters. The summed E-state index contributed by atoms with van der Waals surface area (Å²) in [5.41, 5.74) is 5.99. The largest absolute Gasteiger partial charge is 0.350 e. The summed E-state index contributed by atoms with van der Waals surface area (Å²) in [5.74, 6) is 5.48. The van der Waals surface area contributed by atoms with Crippen molar-refractivity contribution in [3.05, 3.63) is 36.2 Å². The first-order valence-corrected chi connectivity index (χ1v) is 6.51. The van der Waals surface area contributed by atoms with Gasteiger partial charge in [0.2, 0.25) is 0 Å². The molecule has 0 spiro atoms. The summed E-state index contributed by atoms with van der Waals surface area (Å²) in [5, 5.41) is 3.13.